The van der Waals surface area contributed by atoms with Crippen LogP contribution in [0.4, 0.5) is 23.0 Å². The van der Waals surface area contributed by atoms with Crippen LogP contribution in [-0.4, -0.2) is 28.9 Å². The molecule has 0 radical (unpaired) electrons. The highest BCUT2D eigenvalue weighted by Gasteiger charge is 2.15. The molecule has 11 heteroatoms. The molecule has 2 aromatic heterocycles. The normalized spacial score (nSPS) is 11.8. The van der Waals surface area contributed by atoms with Crippen molar-refractivity contribution < 1.29 is 8.42 Å². The second-order valence-corrected chi connectivity index (χ2v) is 10.6. The Hall–Kier alpha value is -3.76. The first kappa shape index (κ1) is 24.4. The highest BCUT2D eigenvalue weighted by molar-refractivity contribution is 7.91. The quantitative estimate of drug-likeness (QED) is 0.324. The summed E-state index contributed by atoms with van der Waals surface area (Å²) in [6, 6.07) is 15.4. The number of pyridine rings is 1. The van der Waals surface area contributed by atoms with Gasteiger partial charge in [-0.15, -0.1) is 5.11 Å². The van der Waals surface area contributed by atoms with E-state index in [1.807, 2.05) is 6.92 Å². The molecule has 35 heavy (non-hydrogen) atoms. The maximum Gasteiger partial charge on any atom is 0.180 e. The van der Waals surface area contributed by atoms with Crippen LogP contribution < -0.4 is 11.5 Å². The van der Waals surface area contributed by atoms with Crippen molar-refractivity contribution in [3.63, 3.8) is 0 Å². The molecular formula is C24H24ClN7O2S. The number of sulfone groups is 1. The first-order valence-electron chi connectivity index (χ1n) is 10.7. The number of aryl methyl sites for hydroxylation is 2. The second-order valence-electron chi connectivity index (χ2n) is 8.04. The molecule has 0 saturated carbocycles. The zero-order valence-corrected chi connectivity index (χ0v) is 20.5. The molecule has 0 fully saturated rings. The molecule has 4 N–H and O–H groups in total. The van der Waals surface area contributed by atoms with Crippen molar-refractivity contribution >= 4 is 44.4 Å². The zero-order chi connectivity index (χ0) is 25.0. The molecule has 0 saturated heterocycles. The summed E-state index contributed by atoms with van der Waals surface area (Å²) >= 11 is 5.92. The van der Waals surface area contributed by atoms with Crippen molar-refractivity contribution in [2.45, 2.75) is 24.8 Å². The van der Waals surface area contributed by atoms with E-state index in [1.165, 1.54) is 0 Å². The third-order valence-corrected chi connectivity index (χ3v) is 7.22. The maximum atomic E-state index is 12.6. The molecule has 9 nitrogen and oxygen atoms in total. The summed E-state index contributed by atoms with van der Waals surface area (Å²) in [7, 11) is -3.42. The van der Waals surface area contributed by atoms with Gasteiger partial charge in [0.25, 0.3) is 0 Å². The van der Waals surface area contributed by atoms with Crippen molar-refractivity contribution in [3.8, 4) is 0 Å². The molecule has 2 heterocycles. The Kier molecular flexibility index (Phi) is 7.13. The fourth-order valence-corrected chi connectivity index (χ4v) is 4.76. The summed E-state index contributed by atoms with van der Waals surface area (Å²) in [5.74, 6) is 0.362. The molecule has 4 rings (SSSR count). The smallest absolute Gasteiger partial charge is 0.180 e. The number of benzene rings is 2. The summed E-state index contributed by atoms with van der Waals surface area (Å²) in [6.07, 6.45) is 3.87. The summed E-state index contributed by atoms with van der Waals surface area (Å²) in [4.78, 5) is 4.39. The summed E-state index contributed by atoms with van der Waals surface area (Å²) in [5.41, 5.74) is 15.6. The number of nitrogens with zero attached hydrogens (tertiary/aromatic N) is 5. The third kappa shape index (κ3) is 6.23. The first-order valence-corrected chi connectivity index (χ1v) is 12.8. The van der Waals surface area contributed by atoms with Crippen LogP contribution in [0.3, 0.4) is 0 Å². The Balaban J connectivity index is 1.49. The average Bonchev–Trinajstić information content (AvgIpc) is 3.26. The van der Waals surface area contributed by atoms with E-state index < -0.39 is 9.84 Å². The predicted molar refractivity (Wildman–Crippen MR) is 137 cm³/mol. The third-order valence-electron chi connectivity index (χ3n) is 5.26. The van der Waals surface area contributed by atoms with Crippen molar-refractivity contribution in [1.29, 1.82) is 0 Å². The molecule has 0 unspecified atom stereocenters. The standard InChI is InChI=1S/C24H24ClN7O2S/c1-16-2-8-21(9-3-16)35(33,34)11-10-32-15-17(14-28-32)12-18-13-22(26)29-24(27)23(18)31-30-20-6-4-19(25)5-7-20/h2-9,13-15H,10-12H2,1H3,(H4,26,27,29)/b31-30+. The lowest BCUT2D eigenvalue weighted by molar-refractivity contribution is 0.580. The summed E-state index contributed by atoms with van der Waals surface area (Å²) < 4.78 is 26.9. The first-order chi connectivity index (χ1) is 16.7. The Morgan fingerprint density at radius 2 is 1.74 bits per heavy atom. The second kappa shape index (κ2) is 10.2. The number of rotatable bonds is 8. The number of aromatic nitrogens is 3. The average molecular weight is 510 g/mol. The van der Waals surface area contributed by atoms with E-state index in [0.29, 0.717) is 27.7 Å². The highest BCUT2D eigenvalue weighted by atomic mass is 35.5. The SMILES string of the molecule is Cc1ccc(S(=O)(=O)CCn2cc(Cc3cc(N)nc(N)c3/N=N/c3ccc(Cl)cc3)cn2)cc1. The number of hydrogen-bond acceptors (Lipinski definition) is 8. The Morgan fingerprint density at radius 1 is 1.03 bits per heavy atom. The van der Waals surface area contributed by atoms with Crippen molar-refractivity contribution in [2.24, 2.45) is 10.2 Å². The van der Waals surface area contributed by atoms with Gasteiger partial charge in [0, 0.05) is 17.6 Å². The Morgan fingerprint density at radius 3 is 2.46 bits per heavy atom. The molecular weight excluding hydrogens is 486 g/mol. The molecule has 0 bridgehead atoms. The van der Waals surface area contributed by atoms with Gasteiger partial charge in [-0.3, -0.25) is 4.68 Å². The lowest BCUT2D eigenvalue weighted by Crippen LogP contribution is -2.13. The fraction of sp³-hybridized carbons (Fsp3) is 0.167. The molecule has 0 aliphatic carbocycles. The largest absolute Gasteiger partial charge is 0.384 e. The number of nitrogen functional groups attached to an aromatic ring is 2. The molecule has 0 aliphatic heterocycles. The zero-order valence-electron chi connectivity index (χ0n) is 19.0. The van der Waals surface area contributed by atoms with E-state index >= 15 is 0 Å². The number of nitrogens with two attached hydrogens (primary N) is 2. The molecule has 0 amide bonds. The Labute approximate surface area is 208 Å². The summed E-state index contributed by atoms with van der Waals surface area (Å²) in [5, 5.41) is 13.4. The van der Waals surface area contributed by atoms with Crippen LogP contribution in [0, 0.1) is 6.92 Å². The van der Waals surface area contributed by atoms with E-state index in [4.69, 9.17) is 23.1 Å². The predicted octanol–water partition coefficient (Wildman–Crippen LogP) is 4.88. The summed E-state index contributed by atoms with van der Waals surface area (Å²) in [6.45, 7) is 2.14. The van der Waals surface area contributed by atoms with Gasteiger partial charge in [0.2, 0.25) is 0 Å². The minimum Gasteiger partial charge on any atom is -0.384 e. The van der Waals surface area contributed by atoms with Gasteiger partial charge < -0.3 is 11.5 Å². The van der Waals surface area contributed by atoms with Crippen LogP contribution in [-0.2, 0) is 22.8 Å². The van der Waals surface area contributed by atoms with Gasteiger partial charge in [-0.1, -0.05) is 29.3 Å². The molecule has 0 aliphatic rings. The minimum absolute atomic E-state index is 0.0626. The van der Waals surface area contributed by atoms with Crippen molar-refractivity contribution in [1.82, 2.24) is 14.8 Å². The number of azo groups is 1. The number of hydrogen-bond donors (Lipinski definition) is 2. The van der Waals surface area contributed by atoms with Crippen LogP contribution in [0.5, 0.6) is 0 Å². The van der Waals surface area contributed by atoms with Gasteiger partial charge >= 0.3 is 0 Å². The van der Waals surface area contributed by atoms with Gasteiger partial charge in [-0.25, -0.2) is 13.4 Å². The lowest BCUT2D eigenvalue weighted by atomic mass is 10.1. The number of halogens is 1. The van der Waals surface area contributed by atoms with Crippen LogP contribution >= 0.6 is 11.6 Å². The van der Waals surface area contributed by atoms with Crippen molar-refractivity contribution in [2.75, 3.05) is 17.2 Å². The Bertz CT molecular complexity index is 1470. The van der Waals surface area contributed by atoms with E-state index in [-0.39, 0.29) is 23.9 Å². The van der Waals surface area contributed by atoms with Gasteiger partial charge in [-0.2, -0.15) is 10.2 Å². The molecule has 4 aromatic rings. The molecule has 180 valence electrons. The molecule has 0 spiro atoms. The highest BCUT2D eigenvalue weighted by Crippen LogP contribution is 2.31. The van der Waals surface area contributed by atoms with Gasteiger partial charge in [0.05, 0.1) is 29.1 Å². The van der Waals surface area contributed by atoms with E-state index in [9.17, 15) is 8.42 Å². The van der Waals surface area contributed by atoms with E-state index in [0.717, 1.165) is 16.7 Å². The minimum atomic E-state index is -3.42. The topological polar surface area (TPSA) is 142 Å². The fourth-order valence-electron chi connectivity index (χ4n) is 3.42. The van der Waals surface area contributed by atoms with Crippen LogP contribution in [0.25, 0.3) is 0 Å². The van der Waals surface area contributed by atoms with Gasteiger partial charge in [0.1, 0.15) is 11.5 Å². The van der Waals surface area contributed by atoms with Gasteiger partial charge in [-0.05, 0) is 60.5 Å². The molecule has 2 aromatic carbocycles. The van der Waals surface area contributed by atoms with Crippen LogP contribution in [0.15, 0.2) is 82.1 Å². The van der Waals surface area contributed by atoms with Crippen LogP contribution in [0.2, 0.25) is 5.02 Å². The lowest BCUT2D eigenvalue weighted by Gasteiger charge is -2.08. The van der Waals surface area contributed by atoms with Crippen LogP contribution in [0.1, 0.15) is 16.7 Å². The van der Waals surface area contributed by atoms with E-state index in [2.05, 4.69) is 20.3 Å². The monoisotopic (exact) mass is 509 g/mol. The molecule has 0 atom stereocenters. The maximum absolute atomic E-state index is 12.6. The van der Waals surface area contributed by atoms with E-state index in [1.54, 1.807) is 71.7 Å². The van der Waals surface area contributed by atoms with Crippen molar-refractivity contribution in [3.05, 3.63) is 88.7 Å². The van der Waals surface area contributed by atoms with Gasteiger partial charge in [0.15, 0.2) is 15.7 Å². The number of anilines is 2.